The number of nitrogens with zero attached hydrogens (tertiary/aromatic N) is 3. The van der Waals surface area contributed by atoms with Crippen molar-refractivity contribution in [1.29, 1.82) is 0 Å². The molecule has 0 bridgehead atoms. The molecule has 31 heavy (non-hydrogen) atoms. The molecule has 164 valence electrons. The summed E-state index contributed by atoms with van der Waals surface area (Å²) in [4.78, 5) is 11.6. The second kappa shape index (κ2) is 9.52. The maximum Gasteiger partial charge on any atom is 0.225 e. The number of phenols is 1. The SMILES string of the molecule is Cc1cccc(CNCC2CCC(Nc3nc(N(C)C)c4ccccc4n3)CC2)c1O. The van der Waals surface area contributed by atoms with Gasteiger partial charge in [-0.05, 0) is 62.8 Å². The first-order valence-electron chi connectivity index (χ1n) is 11.2. The van der Waals surface area contributed by atoms with Gasteiger partial charge in [0.2, 0.25) is 5.95 Å². The van der Waals surface area contributed by atoms with Crippen LogP contribution in [0.2, 0.25) is 0 Å². The Bertz CT molecular complexity index is 1030. The average Bonchev–Trinajstić information content (AvgIpc) is 2.77. The molecule has 1 fully saturated rings. The number of aromatic hydroxyl groups is 1. The zero-order valence-corrected chi connectivity index (χ0v) is 18.7. The van der Waals surface area contributed by atoms with Gasteiger partial charge >= 0.3 is 0 Å². The number of hydrogen-bond donors (Lipinski definition) is 3. The molecule has 2 aromatic carbocycles. The number of para-hydroxylation sites is 2. The fraction of sp³-hybridized carbons (Fsp3) is 0.440. The predicted octanol–water partition coefficient (Wildman–Crippen LogP) is 4.47. The van der Waals surface area contributed by atoms with Gasteiger partial charge in [-0.25, -0.2) is 4.98 Å². The highest BCUT2D eigenvalue weighted by molar-refractivity contribution is 5.90. The van der Waals surface area contributed by atoms with Crippen LogP contribution in [-0.4, -0.2) is 41.8 Å². The summed E-state index contributed by atoms with van der Waals surface area (Å²) >= 11 is 0. The summed E-state index contributed by atoms with van der Waals surface area (Å²) in [5.74, 6) is 2.75. The summed E-state index contributed by atoms with van der Waals surface area (Å²) in [5.41, 5.74) is 2.88. The van der Waals surface area contributed by atoms with E-state index in [1.54, 1.807) is 0 Å². The summed E-state index contributed by atoms with van der Waals surface area (Å²) in [6.07, 6.45) is 4.60. The van der Waals surface area contributed by atoms with E-state index >= 15 is 0 Å². The fourth-order valence-electron chi connectivity index (χ4n) is 4.43. The summed E-state index contributed by atoms with van der Waals surface area (Å²) in [5, 5.41) is 18.4. The summed E-state index contributed by atoms with van der Waals surface area (Å²) in [6, 6.07) is 14.5. The van der Waals surface area contributed by atoms with Crippen molar-refractivity contribution >= 4 is 22.7 Å². The molecule has 4 rings (SSSR count). The van der Waals surface area contributed by atoms with Gasteiger partial charge in [-0.3, -0.25) is 0 Å². The number of phenolic OH excluding ortho intramolecular Hbond substituents is 1. The van der Waals surface area contributed by atoms with Crippen LogP contribution in [-0.2, 0) is 6.54 Å². The van der Waals surface area contributed by atoms with Crippen molar-refractivity contribution in [3.8, 4) is 5.75 Å². The Morgan fingerprint density at radius 2 is 1.77 bits per heavy atom. The van der Waals surface area contributed by atoms with E-state index in [9.17, 15) is 5.11 Å². The van der Waals surface area contributed by atoms with Crippen molar-refractivity contribution < 1.29 is 5.11 Å². The van der Waals surface area contributed by atoms with E-state index < -0.39 is 0 Å². The Morgan fingerprint density at radius 3 is 2.55 bits per heavy atom. The first kappa shape index (κ1) is 21.4. The van der Waals surface area contributed by atoms with E-state index in [1.165, 1.54) is 12.8 Å². The normalized spacial score (nSPS) is 18.8. The zero-order chi connectivity index (χ0) is 21.8. The van der Waals surface area contributed by atoms with E-state index in [2.05, 4.69) is 16.7 Å². The average molecular weight is 420 g/mol. The molecule has 3 aromatic rings. The lowest BCUT2D eigenvalue weighted by Gasteiger charge is -2.29. The van der Waals surface area contributed by atoms with Crippen LogP contribution >= 0.6 is 0 Å². The largest absolute Gasteiger partial charge is 0.507 e. The Kier molecular flexibility index (Phi) is 6.56. The van der Waals surface area contributed by atoms with E-state index in [0.29, 0.717) is 24.3 Å². The highest BCUT2D eigenvalue weighted by Gasteiger charge is 2.22. The van der Waals surface area contributed by atoms with Crippen LogP contribution in [0.15, 0.2) is 42.5 Å². The molecule has 1 aromatic heterocycles. The van der Waals surface area contributed by atoms with E-state index in [1.807, 2.05) is 62.3 Å². The van der Waals surface area contributed by atoms with Crippen LogP contribution in [0, 0.1) is 12.8 Å². The van der Waals surface area contributed by atoms with Gasteiger partial charge in [0.15, 0.2) is 0 Å². The summed E-state index contributed by atoms with van der Waals surface area (Å²) in [6.45, 7) is 3.63. The first-order valence-corrected chi connectivity index (χ1v) is 11.2. The van der Waals surface area contributed by atoms with Crippen LogP contribution in [0.4, 0.5) is 11.8 Å². The highest BCUT2D eigenvalue weighted by Crippen LogP contribution is 2.28. The Balaban J connectivity index is 1.30. The molecule has 0 radical (unpaired) electrons. The maximum atomic E-state index is 10.2. The molecule has 3 N–H and O–H groups in total. The quantitative estimate of drug-likeness (QED) is 0.525. The molecule has 1 aliphatic carbocycles. The monoisotopic (exact) mass is 419 g/mol. The van der Waals surface area contributed by atoms with E-state index in [-0.39, 0.29) is 0 Å². The summed E-state index contributed by atoms with van der Waals surface area (Å²) < 4.78 is 0. The van der Waals surface area contributed by atoms with Gasteiger partial charge in [0.1, 0.15) is 11.6 Å². The van der Waals surface area contributed by atoms with Crippen LogP contribution in [0.3, 0.4) is 0 Å². The number of fused-ring (bicyclic) bond motifs is 1. The molecule has 6 heteroatoms. The van der Waals surface area contributed by atoms with E-state index in [0.717, 1.165) is 53.2 Å². The van der Waals surface area contributed by atoms with Crippen LogP contribution < -0.4 is 15.5 Å². The zero-order valence-electron chi connectivity index (χ0n) is 18.7. The molecule has 0 saturated heterocycles. The third-order valence-corrected chi connectivity index (χ3v) is 6.26. The lowest BCUT2D eigenvalue weighted by molar-refractivity contribution is 0.323. The molecule has 6 nitrogen and oxygen atoms in total. The van der Waals surface area contributed by atoms with Gasteiger partial charge in [-0.2, -0.15) is 4.98 Å². The molecular weight excluding hydrogens is 386 g/mol. The second-order valence-corrected chi connectivity index (χ2v) is 8.86. The molecule has 0 aliphatic heterocycles. The molecule has 1 heterocycles. The smallest absolute Gasteiger partial charge is 0.225 e. The first-order chi connectivity index (χ1) is 15.0. The minimum Gasteiger partial charge on any atom is -0.507 e. The molecule has 0 unspecified atom stereocenters. The van der Waals surface area contributed by atoms with Crippen molar-refractivity contribution in [1.82, 2.24) is 15.3 Å². The van der Waals surface area contributed by atoms with Crippen LogP contribution in [0.1, 0.15) is 36.8 Å². The number of aromatic nitrogens is 2. The number of anilines is 2. The van der Waals surface area contributed by atoms with Crippen molar-refractivity contribution in [2.24, 2.45) is 5.92 Å². The Hall–Kier alpha value is -2.86. The molecular formula is C25H33N5O. The van der Waals surface area contributed by atoms with Crippen molar-refractivity contribution in [2.75, 3.05) is 30.9 Å². The third-order valence-electron chi connectivity index (χ3n) is 6.26. The van der Waals surface area contributed by atoms with Crippen LogP contribution in [0.5, 0.6) is 5.75 Å². The van der Waals surface area contributed by atoms with Crippen molar-refractivity contribution in [3.63, 3.8) is 0 Å². The van der Waals surface area contributed by atoms with Gasteiger partial charge in [0.25, 0.3) is 0 Å². The van der Waals surface area contributed by atoms with Gasteiger partial charge in [0, 0.05) is 37.6 Å². The maximum absolute atomic E-state index is 10.2. The van der Waals surface area contributed by atoms with Gasteiger partial charge in [0.05, 0.1) is 5.52 Å². The predicted molar refractivity (Wildman–Crippen MR) is 128 cm³/mol. The highest BCUT2D eigenvalue weighted by atomic mass is 16.3. The lowest BCUT2D eigenvalue weighted by atomic mass is 9.86. The number of rotatable bonds is 7. The fourth-order valence-corrected chi connectivity index (χ4v) is 4.43. The molecule has 0 atom stereocenters. The minimum atomic E-state index is 0.410. The summed E-state index contributed by atoms with van der Waals surface area (Å²) in [7, 11) is 4.04. The second-order valence-electron chi connectivity index (χ2n) is 8.86. The number of hydrogen-bond acceptors (Lipinski definition) is 6. The minimum absolute atomic E-state index is 0.410. The number of nitrogens with one attached hydrogen (secondary N) is 2. The molecule has 0 amide bonds. The molecule has 1 saturated carbocycles. The van der Waals surface area contributed by atoms with Gasteiger partial charge in [-0.15, -0.1) is 0 Å². The number of benzene rings is 2. The van der Waals surface area contributed by atoms with Crippen LogP contribution in [0.25, 0.3) is 10.9 Å². The lowest BCUT2D eigenvalue weighted by Crippen LogP contribution is -2.31. The van der Waals surface area contributed by atoms with E-state index in [4.69, 9.17) is 9.97 Å². The van der Waals surface area contributed by atoms with Gasteiger partial charge in [-0.1, -0.05) is 30.3 Å². The third kappa shape index (κ3) is 5.07. The molecule has 0 spiro atoms. The standard InChI is InChI=1S/C25H33N5O/c1-17-7-6-8-19(23(17)31)16-26-15-18-11-13-20(14-12-18)27-25-28-22-10-5-4-9-21(22)24(29-25)30(2)3/h4-10,18,20,26,31H,11-16H2,1-3H3,(H,27,28,29). The van der Waals surface area contributed by atoms with Crippen molar-refractivity contribution in [3.05, 3.63) is 53.6 Å². The number of aryl methyl sites for hydroxylation is 1. The topological polar surface area (TPSA) is 73.3 Å². The molecule has 1 aliphatic rings. The van der Waals surface area contributed by atoms with Gasteiger partial charge < -0.3 is 20.6 Å². The van der Waals surface area contributed by atoms with Crippen molar-refractivity contribution in [2.45, 2.75) is 45.2 Å². The Morgan fingerprint density at radius 1 is 1.00 bits per heavy atom. The Labute approximate surface area is 184 Å².